The highest BCUT2D eigenvalue weighted by Gasteiger charge is 2.00. The van der Waals surface area contributed by atoms with Gasteiger partial charge in [0, 0.05) is 16.6 Å². The van der Waals surface area contributed by atoms with Crippen molar-refractivity contribution >= 4 is 15.9 Å². The number of rotatable bonds is 2. The van der Waals surface area contributed by atoms with E-state index in [1.807, 2.05) is 0 Å². The molecule has 1 radical (unpaired) electrons. The fourth-order valence-electron chi connectivity index (χ4n) is 0.691. The molecular weight excluding hydrogens is 225 g/mol. The number of methoxy groups -OCH3 is 1. The van der Waals surface area contributed by atoms with Crippen LogP contribution in [-0.4, -0.2) is 12.1 Å². The molecule has 0 aliphatic rings. The molecule has 0 aromatic carbocycles. The predicted molar refractivity (Wildman–Crippen MR) is 46.5 cm³/mol. The molecule has 0 N–H and O–H groups in total. The molecule has 0 aliphatic heterocycles. The second-order valence-electron chi connectivity index (χ2n) is 1.94. The number of ether oxygens (including phenoxy) is 1. The minimum Gasteiger partial charge on any atom is -0.481 e. The summed E-state index contributed by atoms with van der Waals surface area (Å²) in [4.78, 5) is 3.93. The van der Waals surface area contributed by atoms with E-state index in [4.69, 9.17) is 4.74 Å². The highest BCUT2D eigenvalue weighted by molar-refractivity contribution is 9.10. The number of aromatic nitrogens is 1. The summed E-state index contributed by atoms with van der Waals surface area (Å²) >= 11 is 3.19. The van der Waals surface area contributed by atoms with Gasteiger partial charge in [0.25, 0.3) is 0 Å². The smallest absolute Gasteiger partial charge is 0.213 e. The van der Waals surface area contributed by atoms with Gasteiger partial charge in [0.1, 0.15) is 0 Å². The van der Waals surface area contributed by atoms with E-state index in [2.05, 4.69) is 27.0 Å². The van der Waals surface area contributed by atoms with Gasteiger partial charge in [-0.2, -0.15) is 0 Å². The number of pyridine rings is 1. The van der Waals surface area contributed by atoms with E-state index in [0.29, 0.717) is 22.4 Å². The first-order chi connectivity index (χ1) is 5.77. The van der Waals surface area contributed by atoms with Crippen molar-refractivity contribution in [2.24, 2.45) is 0 Å². The molecular formula is C8H6BrFNO. The number of nitrogens with zero attached hydrogens (tertiary/aromatic N) is 1. The highest BCUT2D eigenvalue weighted by atomic mass is 79.9. The van der Waals surface area contributed by atoms with Crippen LogP contribution in [0.2, 0.25) is 0 Å². The maximum Gasteiger partial charge on any atom is 0.213 e. The second kappa shape index (κ2) is 4.21. The molecule has 1 heterocycles. The summed E-state index contributed by atoms with van der Waals surface area (Å²) in [5, 5.41) is 0. The fourth-order valence-corrected chi connectivity index (χ4v) is 1.03. The van der Waals surface area contributed by atoms with Gasteiger partial charge in [-0.25, -0.2) is 9.37 Å². The Morgan fingerprint density at radius 3 is 3.00 bits per heavy atom. The minimum atomic E-state index is 0.312. The maximum atomic E-state index is 11.8. The summed E-state index contributed by atoms with van der Waals surface area (Å²) in [7, 11) is 1.50. The van der Waals surface area contributed by atoms with Gasteiger partial charge in [0.2, 0.25) is 5.88 Å². The molecule has 0 saturated carbocycles. The molecule has 1 aromatic rings. The number of hydrogen-bond donors (Lipinski definition) is 0. The van der Waals surface area contributed by atoms with Crippen molar-refractivity contribution in [3.8, 4) is 5.88 Å². The normalized spacial score (nSPS) is 10.6. The predicted octanol–water partition coefficient (Wildman–Crippen LogP) is 2.49. The largest absolute Gasteiger partial charge is 0.481 e. The van der Waals surface area contributed by atoms with Crippen molar-refractivity contribution in [2.75, 3.05) is 7.11 Å². The van der Waals surface area contributed by atoms with Gasteiger partial charge in [-0.15, -0.1) is 0 Å². The van der Waals surface area contributed by atoms with Gasteiger partial charge in [0.15, 0.2) is 0 Å². The van der Waals surface area contributed by atoms with Crippen molar-refractivity contribution in [3.05, 3.63) is 34.7 Å². The molecule has 12 heavy (non-hydrogen) atoms. The summed E-state index contributed by atoms with van der Waals surface area (Å²) in [6.45, 7) is 0. The Morgan fingerprint density at radius 1 is 1.67 bits per heavy atom. The molecule has 2 nitrogen and oxygen atoms in total. The van der Waals surface area contributed by atoms with Crippen LogP contribution in [0.5, 0.6) is 5.88 Å². The zero-order valence-corrected chi connectivity index (χ0v) is 7.93. The third kappa shape index (κ3) is 2.04. The first-order valence-corrected chi connectivity index (χ1v) is 3.96. The Bertz CT molecular complexity index is 301. The van der Waals surface area contributed by atoms with Crippen molar-refractivity contribution in [3.63, 3.8) is 0 Å². The highest BCUT2D eigenvalue weighted by Crippen LogP contribution is 2.18. The summed E-state index contributed by atoms with van der Waals surface area (Å²) < 4.78 is 17.3. The molecule has 0 fully saturated rings. The molecule has 1 aromatic heterocycles. The average molecular weight is 231 g/mol. The molecule has 0 aliphatic carbocycles. The molecule has 0 amide bonds. The Kier molecular flexibility index (Phi) is 3.22. The van der Waals surface area contributed by atoms with Crippen LogP contribution in [0.4, 0.5) is 4.39 Å². The van der Waals surface area contributed by atoms with Gasteiger partial charge in [0.05, 0.1) is 19.1 Å². The monoisotopic (exact) mass is 230 g/mol. The summed E-state index contributed by atoms with van der Waals surface area (Å²) in [5.41, 5.74) is 0.386. The Morgan fingerprint density at radius 2 is 2.42 bits per heavy atom. The topological polar surface area (TPSA) is 22.1 Å². The fraction of sp³-hybridized carbons (Fsp3) is 0.125. The van der Waals surface area contributed by atoms with E-state index in [1.54, 1.807) is 12.1 Å². The van der Waals surface area contributed by atoms with Crippen molar-refractivity contribution in [2.45, 2.75) is 0 Å². The van der Waals surface area contributed by atoms with Crippen molar-refractivity contribution in [1.29, 1.82) is 0 Å². The standard InChI is InChI=1S/C8H6BrFNO/c1-12-8-3-2-6(9)7(11-8)4-5-10/h2-3,5H,1H3. The Balaban J connectivity index is 3.08. The van der Waals surface area contributed by atoms with Crippen LogP contribution in [0.15, 0.2) is 22.9 Å². The van der Waals surface area contributed by atoms with Crippen LogP contribution >= 0.6 is 15.9 Å². The van der Waals surface area contributed by atoms with E-state index >= 15 is 0 Å². The van der Waals surface area contributed by atoms with E-state index in [0.717, 1.165) is 0 Å². The zero-order valence-electron chi connectivity index (χ0n) is 6.34. The first-order valence-electron chi connectivity index (χ1n) is 3.17. The molecule has 0 bridgehead atoms. The van der Waals surface area contributed by atoms with Crippen LogP contribution in [0.3, 0.4) is 0 Å². The molecule has 0 unspecified atom stereocenters. The SMILES string of the molecule is COc1ccc(Br)c(/[C]=C/F)n1. The van der Waals surface area contributed by atoms with Crippen LogP contribution in [0.25, 0.3) is 0 Å². The van der Waals surface area contributed by atoms with Crippen LogP contribution in [0, 0.1) is 6.08 Å². The third-order valence-electron chi connectivity index (χ3n) is 1.22. The van der Waals surface area contributed by atoms with Gasteiger partial charge in [-0.05, 0) is 22.0 Å². The van der Waals surface area contributed by atoms with E-state index in [-0.39, 0.29) is 0 Å². The lowest BCUT2D eigenvalue weighted by molar-refractivity contribution is 0.397. The molecule has 0 saturated heterocycles. The molecule has 1 rings (SSSR count). The molecule has 0 atom stereocenters. The first kappa shape index (κ1) is 9.19. The van der Waals surface area contributed by atoms with Crippen LogP contribution < -0.4 is 4.74 Å². The lowest BCUT2D eigenvalue weighted by Gasteiger charge is -2.00. The Labute approximate surface area is 78.2 Å². The number of hydrogen-bond acceptors (Lipinski definition) is 2. The van der Waals surface area contributed by atoms with Gasteiger partial charge in [-0.3, -0.25) is 0 Å². The van der Waals surface area contributed by atoms with Crippen LogP contribution in [-0.2, 0) is 0 Å². The van der Waals surface area contributed by atoms with Gasteiger partial charge in [-0.1, -0.05) is 0 Å². The second-order valence-corrected chi connectivity index (χ2v) is 2.79. The lowest BCUT2D eigenvalue weighted by atomic mass is 10.3. The third-order valence-corrected chi connectivity index (χ3v) is 1.86. The van der Waals surface area contributed by atoms with E-state index < -0.39 is 0 Å². The summed E-state index contributed by atoms with van der Waals surface area (Å²) in [6.07, 6.45) is 2.63. The quantitative estimate of drug-likeness (QED) is 0.779. The summed E-state index contributed by atoms with van der Waals surface area (Å²) in [5.74, 6) is 0.433. The Hall–Kier alpha value is -0.900. The molecule has 63 valence electrons. The average Bonchev–Trinajstić information content (AvgIpc) is 2.09. The van der Waals surface area contributed by atoms with Crippen LogP contribution in [0.1, 0.15) is 5.69 Å². The minimum absolute atomic E-state index is 0.312. The zero-order chi connectivity index (χ0) is 8.97. The van der Waals surface area contributed by atoms with Gasteiger partial charge < -0.3 is 4.74 Å². The van der Waals surface area contributed by atoms with E-state index in [9.17, 15) is 4.39 Å². The molecule has 0 spiro atoms. The summed E-state index contributed by atoms with van der Waals surface area (Å²) in [6, 6.07) is 3.39. The van der Waals surface area contributed by atoms with Gasteiger partial charge >= 0.3 is 0 Å². The molecule has 4 heteroatoms. The van der Waals surface area contributed by atoms with Crippen molar-refractivity contribution < 1.29 is 9.13 Å². The maximum absolute atomic E-state index is 11.8. The lowest BCUT2D eigenvalue weighted by Crippen LogP contribution is -1.90. The van der Waals surface area contributed by atoms with E-state index in [1.165, 1.54) is 7.11 Å². The van der Waals surface area contributed by atoms with Crippen molar-refractivity contribution in [1.82, 2.24) is 4.98 Å². The number of halogens is 2.